The second kappa shape index (κ2) is 9.24. The molecule has 5 aromatic rings. The Bertz CT molecular complexity index is 1740. The highest BCUT2D eigenvalue weighted by atomic mass is 16.5. The van der Waals surface area contributed by atoms with Gasteiger partial charge in [0.15, 0.2) is 0 Å². The maximum atomic E-state index is 13.8. The van der Waals surface area contributed by atoms with Crippen LogP contribution in [-0.2, 0) is 11.3 Å². The van der Waals surface area contributed by atoms with Gasteiger partial charge in [0.25, 0.3) is 11.5 Å². The topological polar surface area (TPSA) is 64.4 Å². The highest BCUT2D eigenvalue weighted by Gasteiger charge is 2.32. The first-order chi connectivity index (χ1) is 18.2. The lowest BCUT2D eigenvalue weighted by molar-refractivity contribution is -0.113. The van der Waals surface area contributed by atoms with Crippen LogP contribution in [0.5, 0.6) is 5.75 Å². The van der Waals surface area contributed by atoms with Gasteiger partial charge in [0.1, 0.15) is 11.6 Å². The third kappa shape index (κ3) is 3.89. The summed E-state index contributed by atoms with van der Waals surface area (Å²) >= 11 is 0. The van der Waals surface area contributed by atoms with Crippen molar-refractivity contribution in [1.29, 1.82) is 0 Å². The number of carbonyl (C=O) groups is 1. The van der Waals surface area contributed by atoms with Gasteiger partial charge in [0, 0.05) is 5.56 Å². The molecular formula is C31H23N3O3. The summed E-state index contributed by atoms with van der Waals surface area (Å²) in [5, 5.41) is 0.486. The fourth-order valence-corrected chi connectivity index (χ4v) is 4.79. The molecule has 0 saturated heterocycles. The minimum Gasteiger partial charge on any atom is -0.495 e. The lowest BCUT2D eigenvalue weighted by atomic mass is 10.1. The lowest BCUT2D eigenvalue weighted by Gasteiger charge is -2.17. The number of benzene rings is 4. The van der Waals surface area contributed by atoms with E-state index in [1.165, 1.54) is 4.57 Å². The van der Waals surface area contributed by atoms with E-state index in [4.69, 9.17) is 9.72 Å². The second-order valence-corrected chi connectivity index (χ2v) is 8.75. The van der Waals surface area contributed by atoms with E-state index in [0.29, 0.717) is 40.3 Å². The molecule has 0 bridgehead atoms. The number of hydrogen-bond acceptors (Lipinski definition) is 4. The van der Waals surface area contributed by atoms with Crippen LogP contribution in [0.25, 0.3) is 28.2 Å². The van der Waals surface area contributed by atoms with Crippen molar-refractivity contribution in [3.8, 4) is 11.4 Å². The smallest absolute Gasteiger partial charge is 0.266 e. The monoisotopic (exact) mass is 485 g/mol. The third-order valence-corrected chi connectivity index (χ3v) is 6.55. The average molecular weight is 486 g/mol. The molecule has 0 aliphatic carbocycles. The van der Waals surface area contributed by atoms with Gasteiger partial charge in [-0.15, -0.1) is 0 Å². The summed E-state index contributed by atoms with van der Waals surface area (Å²) in [6.07, 6.45) is 1.71. The van der Waals surface area contributed by atoms with E-state index in [-0.39, 0.29) is 11.5 Å². The molecule has 6 nitrogen and oxygen atoms in total. The van der Waals surface area contributed by atoms with Crippen LogP contribution in [0, 0.1) is 0 Å². The zero-order valence-corrected chi connectivity index (χ0v) is 20.2. The third-order valence-electron chi connectivity index (χ3n) is 6.55. The number of aromatic nitrogens is 2. The van der Waals surface area contributed by atoms with Gasteiger partial charge in [-0.25, -0.2) is 4.98 Å². The van der Waals surface area contributed by atoms with Crippen LogP contribution >= 0.6 is 0 Å². The molecule has 0 spiro atoms. The van der Waals surface area contributed by atoms with Crippen molar-refractivity contribution < 1.29 is 9.53 Å². The molecule has 6 rings (SSSR count). The van der Waals surface area contributed by atoms with Gasteiger partial charge < -0.3 is 9.64 Å². The molecule has 2 heterocycles. The number of para-hydroxylation sites is 4. The lowest BCUT2D eigenvalue weighted by Crippen LogP contribution is -2.26. The van der Waals surface area contributed by atoms with Crippen molar-refractivity contribution in [3.05, 3.63) is 130 Å². The first kappa shape index (κ1) is 22.5. The number of amides is 1. The molecule has 1 aliphatic rings. The summed E-state index contributed by atoms with van der Waals surface area (Å²) < 4.78 is 7.09. The van der Waals surface area contributed by atoms with E-state index < -0.39 is 0 Å². The molecule has 6 heteroatoms. The van der Waals surface area contributed by atoms with Crippen molar-refractivity contribution in [3.63, 3.8) is 0 Å². The van der Waals surface area contributed by atoms with E-state index in [0.717, 1.165) is 16.8 Å². The minimum atomic E-state index is -0.234. The second-order valence-electron chi connectivity index (χ2n) is 8.75. The number of ether oxygens (including phenoxy) is 1. The van der Waals surface area contributed by atoms with Crippen LogP contribution in [-0.4, -0.2) is 22.6 Å². The van der Waals surface area contributed by atoms with Gasteiger partial charge in [-0.3, -0.25) is 14.2 Å². The summed E-state index contributed by atoms with van der Waals surface area (Å²) in [5.74, 6) is 0.747. The van der Waals surface area contributed by atoms with Crippen LogP contribution in [0.15, 0.2) is 108 Å². The molecule has 1 aliphatic heterocycles. The fraction of sp³-hybridized carbons (Fsp3) is 0.0645. The summed E-state index contributed by atoms with van der Waals surface area (Å²) in [6.45, 7) is 0.443. The van der Waals surface area contributed by atoms with E-state index >= 15 is 0 Å². The Morgan fingerprint density at radius 2 is 1.46 bits per heavy atom. The molecule has 4 aromatic carbocycles. The van der Waals surface area contributed by atoms with E-state index in [9.17, 15) is 9.59 Å². The van der Waals surface area contributed by atoms with Gasteiger partial charge in [-0.1, -0.05) is 72.8 Å². The quantitative estimate of drug-likeness (QED) is 0.309. The molecule has 0 radical (unpaired) electrons. The Labute approximate surface area is 213 Å². The van der Waals surface area contributed by atoms with Gasteiger partial charge in [0.2, 0.25) is 0 Å². The van der Waals surface area contributed by atoms with Crippen molar-refractivity contribution >= 4 is 34.1 Å². The van der Waals surface area contributed by atoms with Crippen molar-refractivity contribution in [2.24, 2.45) is 0 Å². The zero-order valence-electron chi connectivity index (χ0n) is 20.2. The van der Waals surface area contributed by atoms with Crippen molar-refractivity contribution in [1.82, 2.24) is 9.55 Å². The number of anilines is 1. The largest absolute Gasteiger partial charge is 0.495 e. The molecule has 0 unspecified atom stereocenters. The van der Waals surface area contributed by atoms with Crippen LogP contribution in [0.2, 0.25) is 0 Å². The first-order valence-electron chi connectivity index (χ1n) is 12.0. The van der Waals surface area contributed by atoms with E-state index in [1.54, 1.807) is 36.3 Å². The highest BCUT2D eigenvalue weighted by molar-refractivity contribution is 6.35. The summed E-state index contributed by atoms with van der Waals surface area (Å²) in [7, 11) is 1.56. The van der Waals surface area contributed by atoms with Crippen LogP contribution < -0.4 is 15.2 Å². The number of carbonyl (C=O) groups excluding carboxylic acids is 1. The molecule has 180 valence electrons. The molecule has 0 atom stereocenters. The van der Waals surface area contributed by atoms with Crippen LogP contribution in [0.4, 0.5) is 5.69 Å². The number of hydrogen-bond donors (Lipinski definition) is 0. The Morgan fingerprint density at radius 1 is 0.784 bits per heavy atom. The predicted octanol–water partition coefficient (Wildman–Crippen LogP) is 5.48. The maximum absolute atomic E-state index is 13.8. The van der Waals surface area contributed by atoms with Gasteiger partial charge in [-0.2, -0.15) is 0 Å². The molecule has 1 amide bonds. The summed E-state index contributed by atoms with van der Waals surface area (Å²) in [4.78, 5) is 34.2. The summed E-state index contributed by atoms with van der Waals surface area (Å²) in [5.41, 5.74) is 4.03. The molecule has 1 aromatic heterocycles. The molecular weight excluding hydrogens is 462 g/mol. The number of methoxy groups -OCH3 is 1. The zero-order chi connectivity index (χ0) is 25.4. The average Bonchev–Trinajstić information content (AvgIpc) is 3.20. The number of fused-ring (bicyclic) bond motifs is 2. The molecule has 37 heavy (non-hydrogen) atoms. The predicted molar refractivity (Wildman–Crippen MR) is 146 cm³/mol. The SMILES string of the molecule is COc1ccccc1-n1c(/C=C2/C(=O)N(Cc3ccccc3)c3ccccc32)nc2ccccc2c1=O. The van der Waals surface area contributed by atoms with Crippen LogP contribution in [0.1, 0.15) is 17.0 Å². The maximum Gasteiger partial charge on any atom is 0.266 e. The highest BCUT2D eigenvalue weighted by Crippen LogP contribution is 2.38. The first-order valence-corrected chi connectivity index (χ1v) is 12.0. The van der Waals surface area contributed by atoms with Crippen LogP contribution in [0.3, 0.4) is 0 Å². The number of nitrogens with zero attached hydrogens (tertiary/aromatic N) is 3. The van der Waals surface area contributed by atoms with E-state index in [1.807, 2.05) is 84.9 Å². The van der Waals surface area contributed by atoms with Crippen molar-refractivity contribution in [2.45, 2.75) is 6.54 Å². The van der Waals surface area contributed by atoms with E-state index in [2.05, 4.69) is 0 Å². The minimum absolute atomic E-state index is 0.140. The molecule has 0 N–H and O–H groups in total. The Balaban J connectivity index is 1.57. The number of rotatable bonds is 5. The Hall–Kier alpha value is -4.97. The summed E-state index contributed by atoms with van der Waals surface area (Å²) in [6, 6.07) is 32.1. The standard InChI is InChI=1S/C31H23N3O3/c1-37-28-18-10-9-17-27(28)34-29(32-25-15-7-5-14-23(25)31(34)36)19-24-22-13-6-8-16-26(22)33(30(24)35)20-21-11-3-2-4-12-21/h2-19H,20H2,1H3/b24-19+. The molecule has 0 fully saturated rings. The fourth-order valence-electron chi connectivity index (χ4n) is 4.79. The van der Waals surface area contributed by atoms with Gasteiger partial charge in [0.05, 0.1) is 41.5 Å². The Morgan fingerprint density at radius 3 is 2.27 bits per heavy atom. The Kier molecular flexibility index (Phi) is 5.62. The normalized spacial score (nSPS) is 13.8. The molecule has 0 saturated carbocycles. The van der Waals surface area contributed by atoms with Gasteiger partial charge in [-0.05, 0) is 42.0 Å². The van der Waals surface area contributed by atoms with Crippen molar-refractivity contribution in [2.75, 3.05) is 12.0 Å². The van der Waals surface area contributed by atoms with Gasteiger partial charge >= 0.3 is 0 Å².